The van der Waals surface area contributed by atoms with E-state index in [0.717, 1.165) is 19.3 Å². The number of hydrogen-bond donors (Lipinski definition) is 1. The van der Waals surface area contributed by atoms with Crippen LogP contribution in [0, 0.1) is 5.92 Å². The Hall–Kier alpha value is -1.34. The molecule has 0 saturated heterocycles. The highest BCUT2D eigenvalue weighted by molar-refractivity contribution is 5.82. The summed E-state index contributed by atoms with van der Waals surface area (Å²) >= 11 is 0. The van der Waals surface area contributed by atoms with Gasteiger partial charge in [0.25, 0.3) is 0 Å². The third-order valence-electron chi connectivity index (χ3n) is 3.85. The van der Waals surface area contributed by atoms with E-state index in [0.29, 0.717) is 5.92 Å². The molecule has 0 saturated carbocycles. The van der Waals surface area contributed by atoms with Crippen LogP contribution in [0.15, 0.2) is 42.5 Å². The zero-order valence-corrected chi connectivity index (χ0v) is 11.3. The van der Waals surface area contributed by atoms with E-state index in [9.17, 15) is 5.11 Å². The lowest BCUT2D eigenvalue weighted by molar-refractivity contribution is 0.103. The van der Waals surface area contributed by atoms with Crippen LogP contribution in [0.3, 0.4) is 0 Å². The third kappa shape index (κ3) is 2.91. The van der Waals surface area contributed by atoms with E-state index in [-0.39, 0.29) is 6.10 Å². The highest BCUT2D eigenvalue weighted by Gasteiger charge is 2.15. The molecule has 0 amide bonds. The molecular formula is C17H22O. The van der Waals surface area contributed by atoms with E-state index >= 15 is 0 Å². The van der Waals surface area contributed by atoms with Gasteiger partial charge in [-0.1, -0.05) is 69.2 Å². The van der Waals surface area contributed by atoms with Crippen molar-refractivity contribution in [3.05, 3.63) is 48.0 Å². The van der Waals surface area contributed by atoms with Crippen molar-refractivity contribution in [2.24, 2.45) is 5.92 Å². The summed E-state index contributed by atoms with van der Waals surface area (Å²) in [5.74, 6) is 0.413. The second-order valence-corrected chi connectivity index (χ2v) is 5.03. The molecule has 2 aromatic rings. The Kier molecular flexibility index (Phi) is 4.38. The van der Waals surface area contributed by atoms with Gasteiger partial charge in [-0.05, 0) is 28.7 Å². The molecule has 0 aliphatic rings. The highest BCUT2D eigenvalue weighted by atomic mass is 16.3. The minimum Gasteiger partial charge on any atom is -0.392 e. The molecule has 2 aromatic carbocycles. The van der Waals surface area contributed by atoms with Crippen LogP contribution < -0.4 is 0 Å². The van der Waals surface area contributed by atoms with Crippen LogP contribution in [0.4, 0.5) is 0 Å². The lowest BCUT2D eigenvalue weighted by Crippen LogP contribution is -2.21. The summed E-state index contributed by atoms with van der Waals surface area (Å²) in [6.45, 7) is 4.30. The van der Waals surface area contributed by atoms with Gasteiger partial charge in [-0.25, -0.2) is 0 Å². The van der Waals surface area contributed by atoms with Crippen molar-refractivity contribution in [3.63, 3.8) is 0 Å². The van der Waals surface area contributed by atoms with Crippen LogP contribution in [-0.4, -0.2) is 11.2 Å². The van der Waals surface area contributed by atoms with Crippen LogP contribution in [0.25, 0.3) is 10.8 Å². The van der Waals surface area contributed by atoms with E-state index in [1.807, 2.05) is 0 Å². The molecule has 0 radical (unpaired) electrons. The minimum atomic E-state index is -0.221. The molecule has 0 heterocycles. The van der Waals surface area contributed by atoms with Crippen LogP contribution in [0.1, 0.15) is 32.3 Å². The van der Waals surface area contributed by atoms with E-state index in [1.54, 1.807) is 0 Å². The number of aliphatic hydroxyl groups excluding tert-OH is 1. The molecule has 0 aliphatic carbocycles. The second kappa shape index (κ2) is 6.01. The van der Waals surface area contributed by atoms with Crippen LogP contribution in [-0.2, 0) is 6.42 Å². The number of hydrogen-bond acceptors (Lipinski definition) is 1. The van der Waals surface area contributed by atoms with Gasteiger partial charge in [0.05, 0.1) is 6.10 Å². The van der Waals surface area contributed by atoms with Gasteiger partial charge in [0.2, 0.25) is 0 Å². The van der Waals surface area contributed by atoms with Gasteiger partial charge in [-0.3, -0.25) is 0 Å². The Morgan fingerprint density at radius 1 is 0.944 bits per heavy atom. The predicted octanol–water partition coefficient (Wildman–Crippen LogP) is 4.18. The van der Waals surface area contributed by atoms with E-state index in [1.165, 1.54) is 16.3 Å². The molecule has 1 heteroatoms. The van der Waals surface area contributed by atoms with Crippen LogP contribution in [0.2, 0.25) is 0 Å². The Morgan fingerprint density at radius 3 is 2.28 bits per heavy atom. The van der Waals surface area contributed by atoms with Crippen molar-refractivity contribution in [1.82, 2.24) is 0 Å². The summed E-state index contributed by atoms with van der Waals surface area (Å²) in [4.78, 5) is 0. The number of aliphatic hydroxyl groups is 1. The fraction of sp³-hybridized carbons (Fsp3) is 0.412. The maximum absolute atomic E-state index is 10.2. The quantitative estimate of drug-likeness (QED) is 0.834. The molecular weight excluding hydrogens is 220 g/mol. The largest absolute Gasteiger partial charge is 0.392 e. The standard InChI is InChI=1S/C17H22O/c1-3-14(4-2)17(18)12-13-9-10-15-7-5-6-8-16(15)11-13/h5-11,14,17-18H,3-4,12H2,1-2H3. The average Bonchev–Trinajstić information content (AvgIpc) is 2.40. The topological polar surface area (TPSA) is 20.2 Å². The smallest absolute Gasteiger partial charge is 0.0608 e. The first-order valence-corrected chi connectivity index (χ1v) is 6.90. The maximum atomic E-state index is 10.2. The van der Waals surface area contributed by atoms with Gasteiger partial charge in [0.15, 0.2) is 0 Å². The lowest BCUT2D eigenvalue weighted by atomic mass is 9.91. The van der Waals surface area contributed by atoms with Crippen molar-refractivity contribution in [2.45, 2.75) is 39.2 Å². The van der Waals surface area contributed by atoms with Gasteiger partial charge in [0, 0.05) is 0 Å². The van der Waals surface area contributed by atoms with Gasteiger partial charge < -0.3 is 5.11 Å². The molecule has 18 heavy (non-hydrogen) atoms. The molecule has 0 spiro atoms. The van der Waals surface area contributed by atoms with E-state index in [4.69, 9.17) is 0 Å². The molecule has 0 aromatic heterocycles. The molecule has 0 aliphatic heterocycles. The number of benzene rings is 2. The summed E-state index contributed by atoms with van der Waals surface area (Å²) in [6.07, 6.45) is 2.63. The number of rotatable bonds is 5. The Balaban J connectivity index is 2.16. The summed E-state index contributed by atoms with van der Waals surface area (Å²) in [5, 5.41) is 12.8. The predicted molar refractivity (Wildman–Crippen MR) is 77.7 cm³/mol. The molecule has 1 atom stereocenters. The minimum absolute atomic E-state index is 0.221. The fourth-order valence-electron chi connectivity index (χ4n) is 2.61. The van der Waals surface area contributed by atoms with E-state index < -0.39 is 0 Å². The SMILES string of the molecule is CCC(CC)C(O)Cc1ccc2ccccc2c1. The highest BCUT2D eigenvalue weighted by Crippen LogP contribution is 2.20. The molecule has 96 valence electrons. The normalized spacial score (nSPS) is 13.1. The first kappa shape index (κ1) is 13.1. The molecule has 1 unspecified atom stereocenters. The molecule has 1 N–H and O–H groups in total. The molecule has 0 bridgehead atoms. The molecule has 0 fully saturated rings. The summed E-state index contributed by atoms with van der Waals surface area (Å²) in [7, 11) is 0. The van der Waals surface area contributed by atoms with Gasteiger partial charge in [0.1, 0.15) is 0 Å². The first-order chi connectivity index (χ1) is 8.74. The van der Waals surface area contributed by atoms with Crippen molar-refractivity contribution in [3.8, 4) is 0 Å². The molecule has 2 rings (SSSR count). The van der Waals surface area contributed by atoms with E-state index in [2.05, 4.69) is 56.3 Å². The van der Waals surface area contributed by atoms with Gasteiger partial charge in [-0.15, -0.1) is 0 Å². The van der Waals surface area contributed by atoms with Gasteiger partial charge in [-0.2, -0.15) is 0 Å². The van der Waals surface area contributed by atoms with Crippen molar-refractivity contribution < 1.29 is 5.11 Å². The zero-order valence-electron chi connectivity index (χ0n) is 11.3. The fourth-order valence-corrected chi connectivity index (χ4v) is 2.61. The van der Waals surface area contributed by atoms with Crippen LogP contribution in [0.5, 0.6) is 0 Å². The Bertz CT molecular complexity index is 500. The summed E-state index contributed by atoms with van der Waals surface area (Å²) < 4.78 is 0. The summed E-state index contributed by atoms with van der Waals surface area (Å²) in [6, 6.07) is 14.8. The Morgan fingerprint density at radius 2 is 1.61 bits per heavy atom. The zero-order chi connectivity index (χ0) is 13.0. The monoisotopic (exact) mass is 242 g/mol. The molecule has 1 nitrogen and oxygen atoms in total. The lowest BCUT2D eigenvalue weighted by Gasteiger charge is -2.20. The first-order valence-electron chi connectivity index (χ1n) is 6.90. The Labute approximate surface area is 109 Å². The summed E-state index contributed by atoms with van der Waals surface area (Å²) in [5.41, 5.74) is 1.23. The van der Waals surface area contributed by atoms with Gasteiger partial charge >= 0.3 is 0 Å². The maximum Gasteiger partial charge on any atom is 0.0608 e. The van der Waals surface area contributed by atoms with Crippen molar-refractivity contribution in [1.29, 1.82) is 0 Å². The second-order valence-electron chi connectivity index (χ2n) is 5.03. The third-order valence-corrected chi connectivity index (χ3v) is 3.85. The average molecular weight is 242 g/mol. The van der Waals surface area contributed by atoms with Crippen molar-refractivity contribution in [2.75, 3.05) is 0 Å². The number of fused-ring (bicyclic) bond motifs is 1. The van der Waals surface area contributed by atoms with Crippen LogP contribution >= 0.6 is 0 Å². The van der Waals surface area contributed by atoms with Crippen molar-refractivity contribution >= 4 is 10.8 Å².